The third-order valence-electron chi connectivity index (χ3n) is 3.22. The van der Waals surface area contributed by atoms with E-state index in [2.05, 4.69) is 29.5 Å². The van der Waals surface area contributed by atoms with Gasteiger partial charge < -0.3 is 10.6 Å². The van der Waals surface area contributed by atoms with Gasteiger partial charge in [0.15, 0.2) is 0 Å². The predicted molar refractivity (Wildman–Crippen MR) is 86.8 cm³/mol. The number of carbonyl (C=O) groups excluding carboxylic acids is 1. The number of hydrogen-bond acceptors (Lipinski definition) is 3. The maximum atomic E-state index is 12.2. The highest BCUT2D eigenvalue weighted by Gasteiger charge is 2.09. The Hall–Kier alpha value is -2.36. The standard InChI is InChI=1S/C17H21N3O/c1-3-11-18-14-9-10-16(19-12-14)17(21)20-15-8-6-5-7-13(15)4-2/h5-10,12,18H,3-4,11H2,1-2H3,(H,20,21). The number of pyridine rings is 1. The minimum absolute atomic E-state index is 0.182. The second-order valence-corrected chi connectivity index (χ2v) is 4.82. The van der Waals surface area contributed by atoms with Crippen LogP contribution in [0.15, 0.2) is 42.6 Å². The average molecular weight is 283 g/mol. The molecule has 110 valence electrons. The molecule has 0 unspecified atom stereocenters. The fraction of sp³-hybridized carbons (Fsp3) is 0.294. The minimum Gasteiger partial charge on any atom is -0.384 e. The van der Waals surface area contributed by atoms with Gasteiger partial charge in [-0.15, -0.1) is 0 Å². The lowest BCUT2D eigenvalue weighted by molar-refractivity contribution is 0.102. The second kappa shape index (κ2) is 7.43. The molecule has 0 fully saturated rings. The molecule has 4 nitrogen and oxygen atoms in total. The molecule has 0 saturated carbocycles. The Kier molecular flexibility index (Phi) is 5.32. The number of anilines is 2. The number of hydrogen-bond donors (Lipinski definition) is 2. The van der Waals surface area contributed by atoms with Crippen LogP contribution in [0.4, 0.5) is 11.4 Å². The van der Waals surface area contributed by atoms with Crippen LogP contribution >= 0.6 is 0 Å². The number of carbonyl (C=O) groups is 1. The molecule has 21 heavy (non-hydrogen) atoms. The topological polar surface area (TPSA) is 54.0 Å². The lowest BCUT2D eigenvalue weighted by Gasteiger charge is -2.10. The Bertz CT molecular complexity index is 593. The summed E-state index contributed by atoms with van der Waals surface area (Å²) in [6.07, 6.45) is 3.62. The Morgan fingerprint density at radius 2 is 1.95 bits per heavy atom. The molecule has 2 N–H and O–H groups in total. The summed E-state index contributed by atoms with van der Waals surface area (Å²) in [4.78, 5) is 16.4. The van der Waals surface area contributed by atoms with Crippen molar-refractivity contribution in [3.8, 4) is 0 Å². The number of amides is 1. The Morgan fingerprint density at radius 3 is 2.62 bits per heavy atom. The van der Waals surface area contributed by atoms with Crippen molar-refractivity contribution in [1.29, 1.82) is 0 Å². The minimum atomic E-state index is -0.182. The Balaban J connectivity index is 2.06. The van der Waals surface area contributed by atoms with Gasteiger partial charge in [0.1, 0.15) is 5.69 Å². The van der Waals surface area contributed by atoms with Crippen molar-refractivity contribution in [2.24, 2.45) is 0 Å². The lowest BCUT2D eigenvalue weighted by atomic mass is 10.1. The smallest absolute Gasteiger partial charge is 0.274 e. The summed E-state index contributed by atoms with van der Waals surface area (Å²) < 4.78 is 0. The number of rotatable bonds is 6. The summed E-state index contributed by atoms with van der Waals surface area (Å²) in [5, 5.41) is 6.15. The van der Waals surface area contributed by atoms with Crippen LogP contribution < -0.4 is 10.6 Å². The van der Waals surface area contributed by atoms with Gasteiger partial charge >= 0.3 is 0 Å². The first-order valence-corrected chi connectivity index (χ1v) is 7.33. The van der Waals surface area contributed by atoms with Crippen LogP contribution in [-0.2, 0) is 6.42 Å². The molecule has 0 atom stereocenters. The van der Waals surface area contributed by atoms with Gasteiger partial charge in [-0.25, -0.2) is 4.98 Å². The molecule has 0 saturated heterocycles. The molecule has 2 rings (SSSR count). The molecular weight excluding hydrogens is 262 g/mol. The molecule has 0 aliphatic heterocycles. The van der Waals surface area contributed by atoms with E-state index in [0.29, 0.717) is 5.69 Å². The Morgan fingerprint density at radius 1 is 1.14 bits per heavy atom. The van der Waals surface area contributed by atoms with Crippen molar-refractivity contribution in [3.63, 3.8) is 0 Å². The van der Waals surface area contributed by atoms with E-state index < -0.39 is 0 Å². The molecule has 2 aromatic rings. The molecule has 1 aromatic heterocycles. The van der Waals surface area contributed by atoms with Gasteiger partial charge in [0.05, 0.1) is 11.9 Å². The highest BCUT2D eigenvalue weighted by atomic mass is 16.1. The summed E-state index contributed by atoms with van der Waals surface area (Å²) in [6.45, 7) is 5.07. The van der Waals surface area contributed by atoms with Crippen molar-refractivity contribution in [1.82, 2.24) is 4.98 Å². The van der Waals surface area contributed by atoms with Crippen LogP contribution in [0.2, 0.25) is 0 Å². The molecule has 1 amide bonds. The largest absolute Gasteiger partial charge is 0.384 e. The summed E-state index contributed by atoms with van der Waals surface area (Å²) in [5.74, 6) is -0.182. The number of nitrogens with one attached hydrogen (secondary N) is 2. The Labute approximate surface area is 125 Å². The molecule has 1 aromatic carbocycles. The van der Waals surface area contributed by atoms with E-state index in [-0.39, 0.29) is 5.91 Å². The third-order valence-corrected chi connectivity index (χ3v) is 3.22. The van der Waals surface area contributed by atoms with E-state index in [4.69, 9.17) is 0 Å². The van der Waals surface area contributed by atoms with Crippen LogP contribution in [0.25, 0.3) is 0 Å². The third kappa shape index (κ3) is 4.05. The van der Waals surface area contributed by atoms with Crippen LogP contribution in [0.3, 0.4) is 0 Å². The molecule has 0 radical (unpaired) electrons. The van der Waals surface area contributed by atoms with Crippen molar-refractivity contribution in [3.05, 3.63) is 53.9 Å². The van der Waals surface area contributed by atoms with E-state index in [1.807, 2.05) is 30.3 Å². The van der Waals surface area contributed by atoms with Crippen molar-refractivity contribution < 1.29 is 4.79 Å². The van der Waals surface area contributed by atoms with Crippen molar-refractivity contribution >= 4 is 17.3 Å². The monoisotopic (exact) mass is 283 g/mol. The van der Waals surface area contributed by atoms with Gasteiger partial charge in [0.25, 0.3) is 5.91 Å². The van der Waals surface area contributed by atoms with Crippen molar-refractivity contribution in [2.45, 2.75) is 26.7 Å². The van der Waals surface area contributed by atoms with E-state index in [1.54, 1.807) is 12.3 Å². The number of para-hydroxylation sites is 1. The summed E-state index contributed by atoms with van der Waals surface area (Å²) in [6, 6.07) is 11.4. The normalized spacial score (nSPS) is 10.2. The fourth-order valence-electron chi connectivity index (χ4n) is 2.04. The lowest BCUT2D eigenvalue weighted by Crippen LogP contribution is -2.15. The van der Waals surface area contributed by atoms with Gasteiger partial charge in [-0.1, -0.05) is 32.0 Å². The van der Waals surface area contributed by atoms with Crippen LogP contribution in [0, 0.1) is 0 Å². The van der Waals surface area contributed by atoms with E-state index in [1.165, 1.54) is 0 Å². The molecule has 0 bridgehead atoms. The first kappa shape index (κ1) is 15.0. The second-order valence-electron chi connectivity index (χ2n) is 4.82. The highest BCUT2D eigenvalue weighted by Crippen LogP contribution is 2.16. The maximum Gasteiger partial charge on any atom is 0.274 e. The van der Waals surface area contributed by atoms with Gasteiger partial charge in [-0.05, 0) is 36.6 Å². The SMILES string of the molecule is CCCNc1ccc(C(=O)Nc2ccccc2CC)nc1. The number of aromatic nitrogens is 1. The maximum absolute atomic E-state index is 12.2. The van der Waals surface area contributed by atoms with Gasteiger partial charge in [0.2, 0.25) is 0 Å². The van der Waals surface area contributed by atoms with E-state index in [9.17, 15) is 4.79 Å². The molecule has 0 spiro atoms. The van der Waals surface area contributed by atoms with Crippen LogP contribution in [-0.4, -0.2) is 17.4 Å². The number of aryl methyl sites for hydroxylation is 1. The predicted octanol–water partition coefficient (Wildman–Crippen LogP) is 3.72. The summed E-state index contributed by atoms with van der Waals surface area (Å²) >= 11 is 0. The van der Waals surface area contributed by atoms with E-state index >= 15 is 0 Å². The number of nitrogens with zero attached hydrogens (tertiary/aromatic N) is 1. The van der Waals surface area contributed by atoms with Gasteiger partial charge in [-0.2, -0.15) is 0 Å². The first-order valence-electron chi connectivity index (χ1n) is 7.33. The molecule has 4 heteroatoms. The van der Waals surface area contributed by atoms with Gasteiger partial charge in [0, 0.05) is 12.2 Å². The fourth-order valence-corrected chi connectivity index (χ4v) is 2.04. The summed E-state index contributed by atoms with van der Waals surface area (Å²) in [7, 11) is 0. The van der Waals surface area contributed by atoms with Crippen LogP contribution in [0.5, 0.6) is 0 Å². The van der Waals surface area contributed by atoms with Gasteiger partial charge in [-0.3, -0.25) is 4.79 Å². The highest BCUT2D eigenvalue weighted by molar-refractivity contribution is 6.03. The van der Waals surface area contributed by atoms with E-state index in [0.717, 1.165) is 36.3 Å². The molecular formula is C17H21N3O. The molecule has 0 aliphatic carbocycles. The molecule has 0 aliphatic rings. The quantitative estimate of drug-likeness (QED) is 0.849. The zero-order valence-corrected chi connectivity index (χ0v) is 12.5. The zero-order valence-electron chi connectivity index (χ0n) is 12.5. The summed E-state index contributed by atoms with van der Waals surface area (Å²) in [5.41, 5.74) is 3.32. The number of benzene rings is 1. The molecule has 1 heterocycles. The van der Waals surface area contributed by atoms with Crippen LogP contribution in [0.1, 0.15) is 36.3 Å². The average Bonchev–Trinajstić information content (AvgIpc) is 2.54. The van der Waals surface area contributed by atoms with Crippen molar-refractivity contribution in [2.75, 3.05) is 17.2 Å². The first-order chi connectivity index (χ1) is 10.2. The zero-order chi connectivity index (χ0) is 15.1.